The second-order valence-corrected chi connectivity index (χ2v) is 9.61. The largest absolute Gasteiger partial charge is 0.356 e. The molecule has 0 spiro atoms. The fourth-order valence-electron chi connectivity index (χ4n) is 5.42. The number of amides is 1. The molecule has 0 saturated carbocycles. The van der Waals surface area contributed by atoms with Crippen molar-refractivity contribution in [2.45, 2.75) is 45.6 Å². The van der Waals surface area contributed by atoms with Gasteiger partial charge in [-0.15, -0.1) is 0 Å². The van der Waals surface area contributed by atoms with E-state index in [1.165, 1.54) is 6.42 Å². The van der Waals surface area contributed by atoms with Crippen molar-refractivity contribution in [3.63, 3.8) is 0 Å². The van der Waals surface area contributed by atoms with Crippen molar-refractivity contribution in [2.24, 2.45) is 5.92 Å². The molecule has 170 valence electrons. The number of anilines is 1. The molecule has 2 aliphatic heterocycles. The maximum atomic E-state index is 13.7. The predicted octanol–water partition coefficient (Wildman–Crippen LogP) is 4.13. The van der Waals surface area contributed by atoms with E-state index in [9.17, 15) is 4.79 Å². The van der Waals surface area contributed by atoms with Crippen LogP contribution in [0.4, 0.5) is 5.82 Å². The van der Waals surface area contributed by atoms with Gasteiger partial charge in [-0.3, -0.25) is 9.89 Å². The summed E-state index contributed by atoms with van der Waals surface area (Å²) >= 11 is 0. The topological polar surface area (TPSA) is 82.4 Å². The van der Waals surface area contributed by atoms with Crippen molar-refractivity contribution in [1.29, 1.82) is 0 Å². The molecule has 2 unspecified atom stereocenters. The summed E-state index contributed by atoms with van der Waals surface area (Å²) in [6.45, 7) is 7.23. The Bertz CT molecular complexity index is 1340. The van der Waals surface area contributed by atoms with Crippen LogP contribution in [-0.4, -0.2) is 55.2 Å². The van der Waals surface area contributed by atoms with Crippen LogP contribution in [0.1, 0.15) is 60.3 Å². The molecule has 1 N–H and O–H groups in total. The Hall–Kier alpha value is -3.42. The van der Waals surface area contributed by atoms with Gasteiger partial charge < -0.3 is 9.80 Å². The highest BCUT2D eigenvalue weighted by molar-refractivity contribution is 6.06. The lowest BCUT2D eigenvalue weighted by molar-refractivity contribution is 0.0608. The van der Waals surface area contributed by atoms with E-state index in [4.69, 9.17) is 10.1 Å². The van der Waals surface area contributed by atoms with Gasteiger partial charge in [0.05, 0.1) is 29.0 Å². The number of fused-ring (bicyclic) bond motifs is 2. The Morgan fingerprint density at radius 1 is 1.18 bits per heavy atom. The summed E-state index contributed by atoms with van der Waals surface area (Å²) in [4.78, 5) is 23.0. The van der Waals surface area contributed by atoms with Crippen LogP contribution in [0.3, 0.4) is 0 Å². The number of piperidine rings is 1. The molecule has 2 aliphatic rings. The lowest BCUT2D eigenvalue weighted by atomic mass is 9.97. The van der Waals surface area contributed by atoms with E-state index >= 15 is 0 Å². The molecular formula is C25H29N7O. The molecule has 6 rings (SSSR count). The summed E-state index contributed by atoms with van der Waals surface area (Å²) in [6, 6.07) is 7.76. The highest BCUT2D eigenvalue weighted by Gasteiger charge is 2.32. The Kier molecular flexibility index (Phi) is 4.81. The molecule has 2 saturated heterocycles. The van der Waals surface area contributed by atoms with Crippen LogP contribution in [0.15, 0.2) is 36.7 Å². The number of likely N-dealkylation sites (tertiary alicyclic amines) is 1. The zero-order chi connectivity index (χ0) is 22.5. The maximum absolute atomic E-state index is 13.7. The number of nitrogens with zero attached hydrogens (tertiary/aromatic N) is 6. The molecule has 5 heterocycles. The fourth-order valence-corrected chi connectivity index (χ4v) is 5.42. The number of rotatable bonds is 3. The normalized spacial score (nSPS) is 21.4. The molecule has 0 aliphatic carbocycles. The first-order valence-electron chi connectivity index (χ1n) is 11.9. The summed E-state index contributed by atoms with van der Waals surface area (Å²) in [6.07, 6.45) is 8.02. The van der Waals surface area contributed by atoms with Gasteiger partial charge >= 0.3 is 0 Å². The van der Waals surface area contributed by atoms with Gasteiger partial charge in [-0.25, -0.2) is 9.50 Å². The number of carbonyl (C=O) groups excluding carboxylic acids is 1. The molecule has 8 nitrogen and oxygen atoms in total. The van der Waals surface area contributed by atoms with Gasteiger partial charge in [-0.05, 0) is 50.7 Å². The number of carbonyl (C=O) groups is 1. The molecule has 1 aromatic carbocycles. The molecule has 8 heteroatoms. The molecule has 0 bridgehead atoms. The zero-order valence-electron chi connectivity index (χ0n) is 19.2. The van der Waals surface area contributed by atoms with Crippen LogP contribution < -0.4 is 4.90 Å². The van der Waals surface area contributed by atoms with E-state index in [0.717, 1.165) is 72.5 Å². The van der Waals surface area contributed by atoms with Gasteiger partial charge in [-0.1, -0.05) is 13.0 Å². The van der Waals surface area contributed by atoms with Gasteiger partial charge in [0.2, 0.25) is 0 Å². The van der Waals surface area contributed by atoms with Gasteiger partial charge in [0.15, 0.2) is 5.65 Å². The van der Waals surface area contributed by atoms with Gasteiger partial charge in [-0.2, -0.15) is 10.2 Å². The smallest absolute Gasteiger partial charge is 0.255 e. The van der Waals surface area contributed by atoms with Crippen LogP contribution in [0.5, 0.6) is 0 Å². The third-order valence-corrected chi connectivity index (χ3v) is 7.17. The number of aromatic nitrogens is 5. The lowest BCUT2D eigenvalue weighted by Gasteiger charge is -2.35. The first-order chi connectivity index (χ1) is 16.1. The first kappa shape index (κ1) is 20.2. The Morgan fingerprint density at radius 3 is 2.94 bits per heavy atom. The van der Waals surface area contributed by atoms with Crippen LogP contribution in [0, 0.1) is 12.8 Å². The summed E-state index contributed by atoms with van der Waals surface area (Å²) in [5.41, 5.74) is 4.47. The minimum atomic E-state index is -0.0503. The van der Waals surface area contributed by atoms with Crippen molar-refractivity contribution in [1.82, 2.24) is 29.7 Å². The maximum Gasteiger partial charge on any atom is 0.255 e. The highest BCUT2D eigenvalue weighted by atomic mass is 16.2. The quantitative estimate of drug-likeness (QED) is 0.515. The molecule has 2 atom stereocenters. The molecule has 1 amide bonds. The summed E-state index contributed by atoms with van der Waals surface area (Å²) in [5.74, 6) is 1.80. The van der Waals surface area contributed by atoms with Gasteiger partial charge in [0.1, 0.15) is 5.82 Å². The Balaban J connectivity index is 1.35. The predicted molar refractivity (Wildman–Crippen MR) is 127 cm³/mol. The van der Waals surface area contributed by atoms with E-state index in [2.05, 4.69) is 41.2 Å². The molecule has 33 heavy (non-hydrogen) atoms. The number of aromatic amines is 1. The van der Waals surface area contributed by atoms with Crippen molar-refractivity contribution >= 4 is 28.3 Å². The van der Waals surface area contributed by atoms with E-state index in [1.807, 2.05) is 27.6 Å². The molecule has 4 aromatic rings. The van der Waals surface area contributed by atoms with Crippen molar-refractivity contribution < 1.29 is 4.79 Å². The van der Waals surface area contributed by atoms with E-state index in [0.29, 0.717) is 11.5 Å². The number of benzene rings is 1. The van der Waals surface area contributed by atoms with E-state index < -0.39 is 0 Å². The minimum Gasteiger partial charge on any atom is -0.356 e. The van der Waals surface area contributed by atoms with Crippen molar-refractivity contribution in [3.8, 4) is 0 Å². The fraction of sp³-hybridized carbons (Fsp3) is 0.440. The second kappa shape index (κ2) is 7.86. The van der Waals surface area contributed by atoms with E-state index in [1.54, 1.807) is 6.20 Å². The van der Waals surface area contributed by atoms with E-state index in [-0.39, 0.29) is 11.9 Å². The van der Waals surface area contributed by atoms with Gasteiger partial charge in [0.25, 0.3) is 5.91 Å². The monoisotopic (exact) mass is 443 g/mol. The lowest BCUT2D eigenvalue weighted by Crippen LogP contribution is -2.38. The van der Waals surface area contributed by atoms with Crippen molar-refractivity contribution in [3.05, 3.63) is 53.5 Å². The highest BCUT2D eigenvalue weighted by Crippen LogP contribution is 2.34. The van der Waals surface area contributed by atoms with Crippen LogP contribution in [0.25, 0.3) is 16.6 Å². The third kappa shape index (κ3) is 3.44. The Morgan fingerprint density at radius 2 is 2.09 bits per heavy atom. The Labute approximate surface area is 192 Å². The average molecular weight is 444 g/mol. The number of aryl methyl sites for hydroxylation is 1. The minimum absolute atomic E-state index is 0.0413. The summed E-state index contributed by atoms with van der Waals surface area (Å²) in [5, 5.41) is 12.8. The summed E-state index contributed by atoms with van der Waals surface area (Å²) < 4.78 is 1.88. The number of H-pyrrole nitrogens is 1. The van der Waals surface area contributed by atoms with Crippen LogP contribution >= 0.6 is 0 Å². The number of nitrogens with one attached hydrogen (secondary N) is 1. The SMILES string of the molecule is Cc1cn2nc(C3CCCCN3C(=O)c3cccc4[nH]ncc34)cc2nc1N1CCC(C)C1. The molecule has 0 radical (unpaired) electrons. The van der Waals surface area contributed by atoms with Crippen LogP contribution in [-0.2, 0) is 0 Å². The number of hydrogen-bond donors (Lipinski definition) is 1. The molecule has 3 aromatic heterocycles. The van der Waals surface area contributed by atoms with Gasteiger partial charge in [0, 0.05) is 42.8 Å². The second-order valence-electron chi connectivity index (χ2n) is 9.61. The first-order valence-corrected chi connectivity index (χ1v) is 11.9. The van der Waals surface area contributed by atoms with Crippen molar-refractivity contribution in [2.75, 3.05) is 24.5 Å². The summed E-state index contributed by atoms with van der Waals surface area (Å²) in [7, 11) is 0. The standard InChI is InChI=1S/C25H29N7O/c1-16-9-11-30(14-16)24-17(2)15-32-23(27-24)12-21(29-32)22-8-3-4-10-31(22)25(33)18-6-5-7-20-19(18)13-26-28-20/h5-7,12-13,15-16,22H,3-4,8-11,14H2,1-2H3,(H,26,28). The zero-order valence-corrected chi connectivity index (χ0v) is 19.2. The number of hydrogen-bond acceptors (Lipinski definition) is 5. The third-order valence-electron chi connectivity index (χ3n) is 7.17. The average Bonchev–Trinajstić information content (AvgIpc) is 3.57. The van der Waals surface area contributed by atoms with Crippen LogP contribution in [0.2, 0.25) is 0 Å². The molecular weight excluding hydrogens is 414 g/mol. The molecule has 2 fully saturated rings.